The van der Waals surface area contributed by atoms with Crippen LogP contribution in [0.1, 0.15) is 50.4 Å². The van der Waals surface area contributed by atoms with Crippen molar-refractivity contribution in [3.8, 4) is 0 Å². The van der Waals surface area contributed by atoms with Gasteiger partial charge in [0.15, 0.2) is 11.6 Å². The largest absolute Gasteiger partial charge is 0.330 e. The van der Waals surface area contributed by atoms with Gasteiger partial charge in [0.1, 0.15) is 0 Å². The molecular formula is C19H14N2O2. The summed E-state index contributed by atoms with van der Waals surface area (Å²) in [5, 5.41) is 0. The van der Waals surface area contributed by atoms with Crippen LogP contribution in [-0.2, 0) is 0 Å². The Morgan fingerprint density at radius 2 is 1.57 bits per heavy atom. The molecule has 0 amide bonds. The quantitative estimate of drug-likeness (QED) is 0.571. The molecule has 1 unspecified atom stereocenters. The molecule has 0 radical (unpaired) electrons. The van der Waals surface area contributed by atoms with Gasteiger partial charge in [-0.05, 0) is 24.6 Å². The predicted molar refractivity (Wildman–Crippen MR) is 85.8 cm³/mol. The number of aromatic nitrogens is 2. The number of carbonyl (C=O) groups is 2. The third kappa shape index (κ3) is 2.03. The summed E-state index contributed by atoms with van der Waals surface area (Å²) >= 11 is 0. The van der Waals surface area contributed by atoms with E-state index in [1.54, 1.807) is 42.9 Å². The summed E-state index contributed by atoms with van der Waals surface area (Å²) in [6.07, 6.45) is 5.35. The highest BCUT2D eigenvalue weighted by Gasteiger charge is 2.29. The molecule has 23 heavy (non-hydrogen) atoms. The fourth-order valence-corrected chi connectivity index (χ4v) is 3.05. The van der Waals surface area contributed by atoms with Gasteiger partial charge < -0.3 is 4.57 Å². The monoisotopic (exact) mass is 302 g/mol. The first-order valence-electron chi connectivity index (χ1n) is 7.46. The summed E-state index contributed by atoms with van der Waals surface area (Å²) in [7, 11) is 0. The lowest BCUT2D eigenvalue weighted by atomic mass is 9.83. The van der Waals surface area contributed by atoms with E-state index in [-0.39, 0.29) is 17.6 Å². The van der Waals surface area contributed by atoms with Gasteiger partial charge in [-0.25, -0.2) is 4.98 Å². The van der Waals surface area contributed by atoms with E-state index in [1.165, 1.54) is 0 Å². The van der Waals surface area contributed by atoms with Gasteiger partial charge in [-0.2, -0.15) is 0 Å². The molecule has 0 bridgehead atoms. The third-order valence-corrected chi connectivity index (χ3v) is 4.40. The Hall–Kier alpha value is -3.01. The van der Waals surface area contributed by atoms with Crippen LogP contribution in [0, 0.1) is 0 Å². The summed E-state index contributed by atoms with van der Waals surface area (Å²) in [5.41, 5.74) is 2.91. The zero-order chi connectivity index (χ0) is 16.0. The number of rotatable bonds is 2. The predicted octanol–water partition coefficient (Wildman–Crippen LogP) is 3.27. The maximum absolute atomic E-state index is 12.7. The molecule has 0 aliphatic heterocycles. The van der Waals surface area contributed by atoms with Gasteiger partial charge in [0, 0.05) is 34.6 Å². The van der Waals surface area contributed by atoms with E-state index in [0.29, 0.717) is 22.3 Å². The molecular weight excluding hydrogens is 288 g/mol. The van der Waals surface area contributed by atoms with Crippen LogP contribution in [0.3, 0.4) is 0 Å². The molecule has 1 aliphatic carbocycles. The molecule has 4 rings (SSSR count). The van der Waals surface area contributed by atoms with Crippen molar-refractivity contribution in [2.75, 3.05) is 0 Å². The van der Waals surface area contributed by atoms with Gasteiger partial charge in [-0.3, -0.25) is 9.59 Å². The Balaban J connectivity index is 1.83. The summed E-state index contributed by atoms with van der Waals surface area (Å²) in [4.78, 5) is 29.4. The first kappa shape index (κ1) is 13.6. The number of ketones is 2. The summed E-state index contributed by atoms with van der Waals surface area (Å²) < 4.78 is 1.96. The van der Waals surface area contributed by atoms with Gasteiger partial charge in [-0.1, -0.05) is 30.3 Å². The molecule has 1 aromatic heterocycles. The maximum atomic E-state index is 12.7. The van der Waals surface area contributed by atoms with E-state index in [9.17, 15) is 9.59 Å². The SMILES string of the molecule is CC(c1ccc2c(c1)C(=O)c1ccccc1C2=O)n1ccnc1. The van der Waals surface area contributed by atoms with E-state index in [0.717, 1.165) is 5.56 Å². The molecule has 0 saturated heterocycles. The minimum absolute atomic E-state index is 0.0443. The van der Waals surface area contributed by atoms with Crippen molar-refractivity contribution in [2.45, 2.75) is 13.0 Å². The fraction of sp³-hybridized carbons (Fsp3) is 0.105. The van der Waals surface area contributed by atoms with Crippen LogP contribution in [0.4, 0.5) is 0 Å². The second-order valence-corrected chi connectivity index (χ2v) is 5.69. The van der Waals surface area contributed by atoms with Crippen molar-refractivity contribution in [2.24, 2.45) is 0 Å². The number of benzene rings is 2. The number of fused-ring (bicyclic) bond motifs is 2. The molecule has 3 aromatic rings. The lowest BCUT2D eigenvalue weighted by Gasteiger charge is -2.20. The van der Waals surface area contributed by atoms with Gasteiger partial charge in [-0.15, -0.1) is 0 Å². The van der Waals surface area contributed by atoms with Gasteiger partial charge in [0.25, 0.3) is 0 Å². The van der Waals surface area contributed by atoms with Crippen LogP contribution in [0.5, 0.6) is 0 Å². The normalized spacial score (nSPS) is 14.3. The Labute approximate surface area is 133 Å². The van der Waals surface area contributed by atoms with Gasteiger partial charge in [0.2, 0.25) is 0 Å². The smallest absolute Gasteiger partial charge is 0.194 e. The summed E-state index contributed by atoms with van der Waals surface area (Å²) in [6.45, 7) is 2.03. The van der Waals surface area contributed by atoms with Crippen molar-refractivity contribution in [3.05, 3.63) is 89.0 Å². The third-order valence-electron chi connectivity index (χ3n) is 4.40. The summed E-state index contributed by atoms with van der Waals surface area (Å²) in [5.74, 6) is -0.174. The Bertz CT molecular complexity index is 926. The molecule has 1 aliphatic rings. The maximum Gasteiger partial charge on any atom is 0.194 e. The zero-order valence-electron chi connectivity index (χ0n) is 12.6. The molecule has 0 spiro atoms. The van der Waals surface area contributed by atoms with E-state index in [1.807, 2.05) is 29.8 Å². The number of hydrogen-bond acceptors (Lipinski definition) is 3. The minimum Gasteiger partial charge on any atom is -0.330 e. The van der Waals surface area contributed by atoms with Crippen LogP contribution in [0.15, 0.2) is 61.2 Å². The van der Waals surface area contributed by atoms with Crippen LogP contribution in [0.25, 0.3) is 0 Å². The molecule has 112 valence electrons. The molecule has 0 N–H and O–H groups in total. The molecule has 2 aromatic carbocycles. The highest BCUT2D eigenvalue weighted by Crippen LogP contribution is 2.30. The van der Waals surface area contributed by atoms with E-state index >= 15 is 0 Å². The van der Waals surface area contributed by atoms with Crippen LogP contribution < -0.4 is 0 Å². The van der Waals surface area contributed by atoms with Crippen molar-refractivity contribution in [3.63, 3.8) is 0 Å². The Kier molecular flexibility index (Phi) is 2.98. The van der Waals surface area contributed by atoms with Crippen LogP contribution in [-0.4, -0.2) is 21.1 Å². The Morgan fingerprint density at radius 1 is 0.913 bits per heavy atom. The van der Waals surface area contributed by atoms with Gasteiger partial charge >= 0.3 is 0 Å². The molecule has 0 saturated carbocycles. The molecule has 1 heterocycles. The average Bonchev–Trinajstić information content (AvgIpc) is 3.13. The highest BCUT2D eigenvalue weighted by molar-refractivity contribution is 6.28. The zero-order valence-corrected chi connectivity index (χ0v) is 12.6. The summed E-state index contributed by atoms with van der Waals surface area (Å²) in [6, 6.07) is 12.5. The number of imidazole rings is 1. The van der Waals surface area contributed by atoms with E-state index < -0.39 is 0 Å². The van der Waals surface area contributed by atoms with Crippen LogP contribution in [0.2, 0.25) is 0 Å². The number of nitrogens with zero attached hydrogens (tertiary/aromatic N) is 2. The van der Waals surface area contributed by atoms with Gasteiger partial charge in [0.05, 0.1) is 12.4 Å². The minimum atomic E-state index is -0.0881. The molecule has 4 nitrogen and oxygen atoms in total. The first-order chi connectivity index (χ1) is 11.2. The average molecular weight is 302 g/mol. The molecule has 4 heteroatoms. The second kappa shape index (κ2) is 5.02. The molecule has 1 atom stereocenters. The lowest BCUT2D eigenvalue weighted by molar-refractivity contribution is 0.0979. The van der Waals surface area contributed by atoms with Crippen molar-refractivity contribution in [1.82, 2.24) is 9.55 Å². The lowest BCUT2D eigenvalue weighted by Crippen LogP contribution is -2.21. The number of carbonyl (C=O) groups excluding carboxylic acids is 2. The Morgan fingerprint density at radius 3 is 2.22 bits per heavy atom. The van der Waals surface area contributed by atoms with Crippen LogP contribution >= 0.6 is 0 Å². The van der Waals surface area contributed by atoms with E-state index in [4.69, 9.17) is 0 Å². The topological polar surface area (TPSA) is 52.0 Å². The first-order valence-corrected chi connectivity index (χ1v) is 7.46. The second-order valence-electron chi connectivity index (χ2n) is 5.69. The fourth-order valence-electron chi connectivity index (χ4n) is 3.05. The van der Waals surface area contributed by atoms with Crippen molar-refractivity contribution < 1.29 is 9.59 Å². The van der Waals surface area contributed by atoms with Crippen molar-refractivity contribution >= 4 is 11.6 Å². The van der Waals surface area contributed by atoms with E-state index in [2.05, 4.69) is 4.98 Å². The van der Waals surface area contributed by atoms with Crippen molar-refractivity contribution in [1.29, 1.82) is 0 Å². The standard InChI is InChI=1S/C19H14N2O2/c1-12(21-9-8-20-11-21)13-6-7-16-17(10-13)19(23)15-5-3-2-4-14(15)18(16)22/h2-12H,1H3. The number of hydrogen-bond donors (Lipinski definition) is 0. The molecule has 0 fully saturated rings. The highest BCUT2D eigenvalue weighted by atomic mass is 16.1.